The van der Waals surface area contributed by atoms with Crippen molar-refractivity contribution in [2.75, 3.05) is 7.05 Å². The van der Waals surface area contributed by atoms with Gasteiger partial charge in [-0.3, -0.25) is 0 Å². The van der Waals surface area contributed by atoms with E-state index in [2.05, 4.69) is 51.2 Å². The van der Waals surface area contributed by atoms with Crippen LogP contribution in [0.3, 0.4) is 0 Å². The van der Waals surface area contributed by atoms with Crippen molar-refractivity contribution in [3.05, 3.63) is 34.9 Å². The van der Waals surface area contributed by atoms with Gasteiger partial charge in [0.2, 0.25) is 0 Å². The molecule has 84 valence electrons. The fraction of sp³-hybridized carbons (Fsp3) is 0.571. The first-order valence-electron chi connectivity index (χ1n) is 5.78. The number of hydrogen-bond acceptors (Lipinski definition) is 1. The molecule has 1 aromatic carbocycles. The summed E-state index contributed by atoms with van der Waals surface area (Å²) in [5.74, 6) is 0.678. The Kier molecular flexibility index (Phi) is 4.34. The summed E-state index contributed by atoms with van der Waals surface area (Å²) in [5, 5.41) is 3.31. The first kappa shape index (κ1) is 12.3. The molecule has 1 heteroatoms. The minimum absolute atomic E-state index is 0.576. The lowest BCUT2D eigenvalue weighted by atomic mass is 9.93. The molecule has 0 aliphatic carbocycles. The van der Waals surface area contributed by atoms with Crippen LogP contribution in [0.25, 0.3) is 0 Å². The van der Waals surface area contributed by atoms with Crippen molar-refractivity contribution in [1.82, 2.24) is 5.32 Å². The third-order valence-corrected chi connectivity index (χ3v) is 3.44. The Morgan fingerprint density at radius 1 is 1.13 bits per heavy atom. The molecule has 0 amide bonds. The Bertz CT molecular complexity index is 317. The lowest BCUT2D eigenvalue weighted by Gasteiger charge is -2.19. The van der Waals surface area contributed by atoms with Crippen molar-refractivity contribution in [3.8, 4) is 0 Å². The second-order valence-corrected chi connectivity index (χ2v) is 4.68. The molecule has 2 atom stereocenters. The van der Waals surface area contributed by atoms with Crippen molar-refractivity contribution in [2.45, 2.75) is 40.2 Å². The maximum absolute atomic E-state index is 3.31. The van der Waals surface area contributed by atoms with Crippen LogP contribution < -0.4 is 5.32 Å². The number of rotatable bonds is 4. The lowest BCUT2D eigenvalue weighted by Crippen LogP contribution is -2.29. The monoisotopic (exact) mass is 205 g/mol. The Balaban J connectivity index is 2.68. The molecular weight excluding hydrogens is 182 g/mol. The molecular formula is C14H23N. The van der Waals surface area contributed by atoms with E-state index in [9.17, 15) is 0 Å². The number of hydrogen-bond donors (Lipinski definition) is 1. The van der Waals surface area contributed by atoms with Crippen molar-refractivity contribution < 1.29 is 0 Å². The molecule has 0 spiro atoms. The van der Waals surface area contributed by atoms with Gasteiger partial charge in [-0.1, -0.05) is 25.1 Å². The van der Waals surface area contributed by atoms with Crippen LogP contribution >= 0.6 is 0 Å². The highest BCUT2D eigenvalue weighted by Gasteiger charge is 2.10. The van der Waals surface area contributed by atoms with Crippen molar-refractivity contribution in [1.29, 1.82) is 0 Å². The standard InChI is InChI=1S/C14H23N/c1-10-6-7-14(8-11(10)2)9-12(3)13(4)15-5/h6-8,12-13,15H,9H2,1-5H3. The van der Waals surface area contributed by atoms with E-state index in [0.29, 0.717) is 12.0 Å². The van der Waals surface area contributed by atoms with Crippen molar-refractivity contribution >= 4 is 0 Å². The molecule has 1 nitrogen and oxygen atoms in total. The van der Waals surface area contributed by atoms with Gasteiger partial charge in [-0.05, 0) is 56.8 Å². The Morgan fingerprint density at radius 2 is 1.80 bits per heavy atom. The zero-order chi connectivity index (χ0) is 11.4. The van der Waals surface area contributed by atoms with Gasteiger partial charge in [0, 0.05) is 6.04 Å². The molecule has 0 saturated carbocycles. The highest BCUT2D eigenvalue weighted by atomic mass is 14.9. The number of benzene rings is 1. The average molecular weight is 205 g/mol. The van der Waals surface area contributed by atoms with Crippen LogP contribution in [-0.2, 0) is 6.42 Å². The van der Waals surface area contributed by atoms with Crippen LogP contribution in [0.1, 0.15) is 30.5 Å². The molecule has 0 aliphatic heterocycles. The van der Waals surface area contributed by atoms with Crippen LogP contribution in [0.5, 0.6) is 0 Å². The lowest BCUT2D eigenvalue weighted by molar-refractivity contribution is 0.424. The van der Waals surface area contributed by atoms with Gasteiger partial charge in [0.05, 0.1) is 0 Å². The zero-order valence-electron chi connectivity index (χ0n) is 10.6. The maximum atomic E-state index is 3.31. The molecule has 0 heterocycles. The van der Waals surface area contributed by atoms with E-state index in [0.717, 1.165) is 6.42 Å². The highest BCUT2D eigenvalue weighted by Crippen LogP contribution is 2.15. The van der Waals surface area contributed by atoms with E-state index in [4.69, 9.17) is 0 Å². The van der Waals surface area contributed by atoms with Crippen LogP contribution in [-0.4, -0.2) is 13.1 Å². The Morgan fingerprint density at radius 3 is 2.33 bits per heavy atom. The van der Waals surface area contributed by atoms with Gasteiger partial charge in [-0.2, -0.15) is 0 Å². The molecule has 0 radical (unpaired) electrons. The van der Waals surface area contributed by atoms with E-state index in [1.54, 1.807) is 0 Å². The first-order valence-corrected chi connectivity index (χ1v) is 5.78. The highest BCUT2D eigenvalue weighted by molar-refractivity contribution is 5.30. The largest absolute Gasteiger partial charge is 0.317 e. The smallest absolute Gasteiger partial charge is 0.00645 e. The average Bonchev–Trinajstić information content (AvgIpc) is 2.22. The minimum Gasteiger partial charge on any atom is -0.317 e. The van der Waals surface area contributed by atoms with Gasteiger partial charge in [0.15, 0.2) is 0 Å². The summed E-state index contributed by atoms with van der Waals surface area (Å²) in [7, 11) is 2.03. The fourth-order valence-electron chi connectivity index (χ4n) is 1.76. The summed E-state index contributed by atoms with van der Waals surface area (Å²) in [6, 6.07) is 7.36. The predicted molar refractivity (Wildman–Crippen MR) is 67.3 cm³/mol. The first-order chi connectivity index (χ1) is 7.04. The minimum atomic E-state index is 0.576. The Hall–Kier alpha value is -0.820. The van der Waals surface area contributed by atoms with E-state index < -0.39 is 0 Å². The zero-order valence-corrected chi connectivity index (χ0v) is 10.6. The third-order valence-electron chi connectivity index (χ3n) is 3.44. The quantitative estimate of drug-likeness (QED) is 0.796. The van der Waals surface area contributed by atoms with Gasteiger partial charge in [-0.25, -0.2) is 0 Å². The van der Waals surface area contributed by atoms with E-state index in [1.807, 2.05) is 7.05 Å². The molecule has 2 unspecified atom stereocenters. The van der Waals surface area contributed by atoms with Crippen LogP contribution in [0, 0.1) is 19.8 Å². The summed E-state index contributed by atoms with van der Waals surface area (Å²) in [6.07, 6.45) is 1.16. The van der Waals surface area contributed by atoms with E-state index in [-0.39, 0.29) is 0 Å². The molecule has 1 aromatic rings. The van der Waals surface area contributed by atoms with E-state index in [1.165, 1.54) is 16.7 Å². The SMILES string of the molecule is CNC(C)C(C)Cc1ccc(C)c(C)c1. The number of aryl methyl sites for hydroxylation is 2. The van der Waals surface area contributed by atoms with Crippen LogP contribution in [0.2, 0.25) is 0 Å². The molecule has 0 saturated heterocycles. The van der Waals surface area contributed by atoms with Gasteiger partial charge in [-0.15, -0.1) is 0 Å². The molecule has 0 fully saturated rings. The summed E-state index contributed by atoms with van der Waals surface area (Å²) >= 11 is 0. The van der Waals surface area contributed by atoms with Crippen molar-refractivity contribution in [3.63, 3.8) is 0 Å². The summed E-state index contributed by atoms with van der Waals surface area (Å²) in [4.78, 5) is 0. The van der Waals surface area contributed by atoms with Crippen LogP contribution in [0.4, 0.5) is 0 Å². The van der Waals surface area contributed by atoms with Crippen LogP contribution in [0.15, 0.2) is 18.2 Å². The van der Waals surface area contributed by atoms with Gasteiger partial charge >= 0.3 is 0 Å². The summed E-state index contributed by atoms with van der Waals surface area (Å²) < 4.78 is 0. The fourth-order valence-corrected chi connectivity index (χ4v) is 1.76. The molecule has 1 rings (SSSR count). The third kappa shape index (κ3) is 3.35. The molecule has 0 bridgehead atoms. The normalized spacial score (nSPS) is 15.0. The van der Waals surface area contributed by atoms with Crippen molar-refractivity contribution in [2.24, 2.45) is 5.92 Å². The molecule has 0 aliphatic rings. The van der Waals surface area contributed by atoms with Gasteiger partial charge in [0.25, 0.3) is 0 Å². The summed E-state index contributed by atoms with van der Waals surface area (Å²) in [5.41, 5.74) is 4.23. The molecule has 15 heavy (non-hydrogen) atoms. The second kappa shape index (κ2) is 5.32. The van der Waals surface area contributed by atoms with Gasteiger partial charge in [0.1, 0.15) is 0 Å². The Labute approximate surface area is 93.9 Å². The number of nitrogens with one attached hydrogen (secondary N) is 1. The molecule has 0 aromatic heterocycles. The second-order valence-electron chi connectivity index (χ2n) is 4.68. The molecule has 1 N–H and O–H groups in total. The topological polar surface area (TPSA) is 12.0 Å². The summed E-state index contributed by atoms with van der Waals surface area (Å²) in [6.45, 7) is 8.89. The predicted octanol–water partition coefficient (Wildman–Crippen LogP) is 3.09. The van der Waals surface area contributed by atoms with Gasteiger partial charge < -0.3 is 5.32 Å². The van der Waals surface area contributed by atoms with E-state index >= 15 is 0 Å². The maximum Gasteiger partial charge on any atom is 0.00645 e.